The highest BCUT2D eigenvalue weighted by molar-refractivity contribution is 5.92. The van der Waals surface area contributed by atoms with E-state index in [4.69, 9.17) is 4.74 Å². The first kappa shape index (κ1) is 37.9. The Morgan fingerprint density at radius 2 is 1.56 bits per heavy atom. The minimum atomic E-state index is -0.774. The number of ketones is 2. The lowest BCUT2D eigenvalue weighted by Crippen LogP contribution is -2.48. The molecule has 0 bridgehead atoms. The van der Waals surface area contributed by atoms with Crippen LogP contribution in [-0.4, -0.2) is 85.1 Å². The highest BCUT2D eigenvalue weighted by Gasteiger charge is 2.31. The largest absolute Gasteiger partial charge is 0.415 e. The van der Waals surface area contributed by atoms with Gasteiger partial charge in [-0.3, -0.25) is 14.4 Å². The van der Waals surface area contributed by atoms with Gasteiger partial charge < -0.3 is 30.0 Å². The summed E-state index contributed by atoms with van der Waals surface area (Å²) < 4.78 is 5.57. The van der Waals surface area contributed by atoms with Gasteiger partial charge in [-0.2, -0.15) is 0 Å². The Morgan fingerprint density at radius 3 is 2.18 bits per heavy atom. The molecule has 0 spiro atoms. The zero-order valence-electron chi connectivity index (χ0n) is 28.2. The molecule has 3 unspecified atom stereocenters. The number of benzene rings is 1. The van der Waals surface area contributed by atoms with Crippen LogP contribution in [0.1, 0.15) is 97.5 Å². The van der Waals surface area contributed by atoms with E-state index in [0.717, 1.165) is 63.6 Å². The summed E-state index contributed by atoms with van der Waals surface area (Å²) in [5.74, 6) is -0.423. The summed E-state index contributed by atoms with van der Waals surface area (Å²) in [6.45, 7) is 11.0. The summed E-state index contributed by atoms with van der Waals surface area (Å²) >= 11 is 0. The number of ether oxygens (including phenoxy) is 1. The molecule has 1 saturated heterocycles. The minimum absolute atomic E-state index is 0.0122. The molecular weight excluding hydrogens is 572 g/mol. The number of likely N-dealkylation sites (N-methyl/N-ethyl adjacent to an activating group) is 1. The Labute approximate surface area is 270 Å². The maximum Gasteiger partial charge on any atom is 0.415 e. The minimum Gasteiger partial charge on any atom is -0.410 e. The number of hydrogen-bond acceptors (Lipinski definition) is 7. The van der Waals surface area contributed by atoms with Crippen LogP contribution in [0.5, 0.6) is 5.75 Å². The number of nitrogens with zero attached hydrogens (tertiary/aromatic N) is 2. The normalized spacial score (nSPS) is 15.5. The number of nitrogens with one attached hydrogen (secondary N) is 2. The standard InChI is InChI=1S/C35H56N4O6/c1-6-8-10-14-33(42)37-31(24-28-15-17-29(18-16-28)45-35(44)39-22-20-38(5)21-23-39)32(41)25-30(26(3)7-2)34(43)36-19-12-9-11-13-27(4)40/h15-18,26,30-31H,6-14,19-25H2,1-5H3,(H,36,43)(H,37,42). The smallest absolute Gasteiger partial charge is 0.410 e. The predicted octanol–water partition coefficient (Wildman–Crippen LogP) is 4.93. The summed E-state index contributed by atoms with van der Waals surface area (Å²) in [6, 6.07) is 6.26. The Kier molecular flexibility index (Phi) is 17.4. The number of rotatable bonds is 20. The fourth-order valence-corrected chi connectivity index (χ4v) is 5.35. The molecule has 1 aliphatic heterocycles. The Balaban J connectivity index is 2.06. The lowest BCUT2D eigenvalue weighted by Gasteiger charge is -2.31. The van der Waals surface area contributed by atoms with Gasteiger partial charge in [0.2, 0.25) is 11.8 Å². The van der Waals surface area contributed by atoms with Crippen LogP contribution in [0.4, 0.5) is 4.79 Å². The molecule has 3 amide bonds. The van der Waals surface area contributed by atoms with Gasteiger partial charge in [-0.25, -0.2) is 4.79 Å². The molecule has 1 heterocycles. The van der Waals surface area contributed by atoms with E-state index >= 15 is 0 Å². The van der Waals surface area contributed by atoms with Crippen LogP contribution in [0.25, 0.3) is 0 Å². The maximum absolute atomic E-state index is 13.7. The summed E-state index contributed by atoms with van der Waals surface area (Å²) in [6.07, 6.45) is 6.67. The Bertz CT molecular complexity index is 1080. The number of carbonyl (C=O) groups is 5. The van der Waals surface area contributed by atoms with Crippen molar-refractivity contribution in [2.45, 2.75) is 104 Å². The Hall–Kier alpha value is -3.27. The van der Waals surface area contributed by atoms with Crippen molar-refractivity contribution in [1.29, 1.82) is 0 Å². The van der Waals surface area contributed by atoms with Crippen molar-refractivity contribution in [3.63, 3.8) is 0 Å². The van der Waals surface area contributed by atoms with Gasteiger partial charge in [-0.05, 0) is 63.3 Å². The Morgan fingerprint density at radius 1 is 0.889 bits per heavy atom. The second-order valence-corrected chi connectivity index (χ2v) is 12.5. The van der Waals surface area contributed by atoms with Crippen LogP contribution in [0.3, 0.4) is 0 Å². The highest BCUT2D eigenvalue weighted by atomic mass is 16.6. The SMILES string of the molecule is CCCCCC(=O)NC(Cc1ccc(OC(=O)N2CCN(C)CC2)cc1)C(=O)CC(C(=O)NCCCCCC(C)=O)C(C)CC. The molecule has 10 heteroatoms. The quantitative estimate of drug-likeness (QED) is 0.196. The molecule has 3 atom stereocenters. The van der Waals surface area contributed by atoms with Crippen molar-refractivity contribution >= 4 is 29.5 Å². The zero-order valence-corrected chi connectivity index (χ0v) is 28.2. The summed E-state index contributed by atoms with van der Waals surface area (Å²) in [7, 11) is 2.02. The first-order chi connectivity index (χ1) is 21.5. The number of Topliss-reactive ketones (excluding diaryl/α,β-unsaturated/α-hetero) is 2. The van der Waals surface area contributed by atoms with Gasteiger partial charge in [0.25, 0.3) is 0 Å². The summed E-state index contributed by atoms with van der Waals surface area (Å²) in [4.78, 5) is 67.3. The first-order valence-corrected chi connectivity index (χ1v) is 16.9. The number of hydrogen-bond donors (Lipinski definition) is 2. The third-order valence-electron chi connectivity index (χ3n) is 8.65. The van der Waals surface area contributed by atoms with Crippen LogP contribution in [0, 0.1) is 11.8 Å². The van der Waals surface area contributed by atoms with Gasteiger partial charge in [0.1, 0.15) is 11.5 Å². The third kappa shape index (κ3) is 14.6. The fourth-order valence-electron chi connectivity index (χ4n) is 5.35. The van der Waals surface area contributed by atoms with Gasteiger partial charge >= 0.3 is 6.09 Å². The van der Waals surface area contributed by atoms with Crippen LogP contribution in [0.2, 0.25) is 0 Å². The molecule has 1 aromatic carbocycles. The number of amides is 3. The molecule has 1 fully saturated rings. The molecular formula is C35H56N4O6. The molecule has 2 rings (SSSR count). The van der Waals surface area contributed by atoms with Gasteiger partial charge in [-0.15, -0.1) is 0 Å². The van der Waals surface area contributed by atoms with Crippen LogP contribution in [0.15, 0.2) is 24.3 Å². The average molecular weight is 629 g/mol. The van der Waals surface area contributed by atoms with E-state index in [9.17, 15) is 24.0 Å². The summed E-state index contributed by atoms with van der Waals surface area (Å²) in [5, 5.41) is 5.94. The summed E-state index contributed by atoms with van der Waals surface area (Å²) in [5.41, 5.74) is 0.816. The molecule has 45 heavy (non-hydrogen) atoms. The van der Waals surface area contributed by atoms with Crippen molar-refractivity contribution in [2.75, 3.05) is 39.8 Å². The number of carbonyl (C=O) groups excluding carboxylic acids is 5. The van der Waals surface area contributed by atoms with Gasteiger partial charge in [-0.1, -0.05) is 58.6 Å². The van der Waals surface area contributed by atoms with Gasteiger partial charge in [0, 0.05) is 57.9 Å². The molecule has 0 aliphatic carbocycles. The van der Waals surface area contributed by atoms with E-state index in [2.05, 4.69) is 22.5 Å². The third-order valence-corrected chi connectivity index (χ3v) is 8.65. The van der Waals surface area contributed by atoms with E-state index in [-0.39, 0.29) is 48.2 Å². The van der Waals surface area contributed by atoms with Crippen molar-refractivity contribution in [3.8, 4) is 5.75 Å². The maximum atomic E-state index is 13.7. The lowest BCUT2D eigenvalue weighted by molar-refractivity contribution is -0.133. The molecule has 0 aromatic heterocycles. The fraction of sp³-hybridized carbons (Fsp3) is 0.686. The van der Waals surface area contributed by atoms with Crippen LogP contribution in [-0.2, 0) is 25.6 Å². The van der Waals surface area contributed by atoms with E-state index < -0.39 is 12.0 Å². The monoisotopic (exact) mass is 628 g/mol. The van der Waals surface area contributed by atoms with Gasteiger partial charge in [0.05, 0.1) is 6.04 Å². The predicted molar refractivity (Wildman–Crippen MR) is 176 cm³/mol. The van der Waals surface area contributed by atoms with Crippen molar-refractivity contribution < 1.29 is 28.7 Å². The van der Waals surface area contributed by atoms with E-state index in [1.165, 1.54) is 0 Å². The van der Waals surface area contributed by atoms with E-state index in [1.54, 1.807) is 36.1 Å². The second kappa shape index (κ2) is 20.7. The lowest BCUT2D eigenvalue weighted by atomic mass is 9.84. The number of piperazine rings is 1. The van der Waals surface area contributed by atoms with Crippen molar-refractivity contribution in [3.05, 3.63) is 29.8 Å². The molecule has 1 aliphatic rings. The highest BCUT2D eigenvalue weighted by Crippen LogP contribution is 2.22. The van der Waals surface area contributed by atoms with E-state index in [1.807, 2.05) is 20.9 Å². The van der Waals surface area contributed by atoms with Crippen molar-refractivity contribution in [1.82, 2.24) is 20.4 Å². The topological polar surface area (TPSA) is 125 Å². The van der Waals surface area contributed by atoms with Gasteiger partial charge in [0.15, 0.2) is 5.78 Å². The zero-order chi connectivity index (χ0) is 33.2. The molecule has 0 saturated carbocycles. The number of unbranched alkanes of at least 4 members (excludes halogenated alkanes) is 4. The second-order valence-electron chi connectivity index (χ2n) is 12.5. The molecule has 0 radical (unpaired) electrons. The molecule has 1 aromatic rings. The van der Waals surface area contributed by atoms with Crippen LogP contribution < -0.4 is 15.4 Å². The molecule has 252 valence electrons. The molecule has 2 N–H and O–H groups in total. The average Bonchev–Trinajstić information content (AvgIpc) is 3.01. The molecule has 10 nitrogen and oxygen atoms in total. The first-order valence-electron chi connectivity index (χ1n) is 16.9. The van der Waals surface area contributed by atoms with Crippen LogP contribution >= 0.6 is 0 Å². The van der Waals surface area contributed by atoms with Crippen molar-refractivity contribution in [2.24, 2.45) is 11.8 Å². The van der Waals surface area contributed by atoms with E-state index in [0.29, 0.717) is 38.2 Å².